The molecule has 0 aliphatic carbocycles. The summed E-state index contributed by atoms with van der Waals surface area (Å²) in [5, 5.41) is 20.7. The van der Waals surface area contributed by atoms with Gasteiger partial charge in [0.05, 0.1) is 26.8 Å². The van der Waals surface area contributed by atoms with Gasteiger partial charge in [0.15, 0.2) is 5.82 Å². The lowest BCUT2D eigenvalue weighted by atomic mass is 10.2. The number of benzene rings is 2. The zero-order valence-electron chi connectivity index (χ0n) is 12.3. The Hall–Kier alpha value is -2.13. The number of aromatic nitrogens is 2. The van der Waals surface area contributed by atoms with Crippen molar-refractivity contribution in [3.8, 4) is 6.07 Å². The molecule has 1 aromatic heterocycles. The number of H-pyrrole nitrogens is 1. The molecule has 24 heavy (non-hydrogen) atoms. The van der Waals surface area contributed by atoms with Gasteiger partial charge < -0.3 is 10.1 Å². The number of aliphatic hydroxyl groups is 1. The largest absolute Gasteiger partial charge is 0.510 e. The van der Waals surface area contributed by atoms with Crippen LogP contribution in [-0.4, -0.2) is 20.8 Å². The lowest BCUT2D eigenvalue weighted by Gasteiger charge is -2.06. The third kappa shape index (κ3) is 3.36. The summed E-state index contributed by atoms with van der Waals surface area (Å²) in [7, 11) is 0. The number of nitrogens with zero attached hydrogens (tertiary/aromatic N) is 2. The van der Waals surface area contributed by atoms with Gasteiger partial charge in [0, 0.05) is 4.90 Å². The smallest absolute Gasteiger partial charge is 0.152 e. The van der Waals surface area contributed by atoms with E-state index in [1.807, 2.05) is 30.3 Å². The highest BCUT2D eigenvalue weighted by molar-refractivity contribution is 7.99. The Kier molecular flexibility index (Phi) is 5.00. The lowest BCUT2D eigenvalue weighted by molar-refractivity contribution is 0.420. The van der Waals surface area contributed by atoms with E-state index < -0.39 is 0 Å². The molecule has 2 aromatic carbocycles. The van der Waals surface area contributed by atoms with Crippen molar-refractivity contribution < 1.29 is 5.11 Å². The summed E-state index contributed by atoms with van der Waals surface area (Å²) in [4.78, 5) is 8.03. The van der Waals surface area contributed by atoms with Crippen LogP contribution in [0.2, 0.25) is 10.0 Å². The van der Waals surface area contributed by atoms with Gasteiger partial charge in [-0.05, 0) is 24.3 Å². The Balaban J connectivity index is 1.89. The highest BCUT2D eigenvalue weighted by Gasteiger charge is 2.15. The van der Waals surface area contributed by atoms with Crippen molar-refractivity contribution >= 4 is 51.6 Å². The Bertz CT molecular complexity index is 922. The first-order chi connectivity index (χ1) is 11.6. The molecule has 0 amide bonds. The molecule has 0 bridgehead atoms. The molecular weight excluding hydrogens is 365 g/mol. The van der Waals surface area contributed by atoms with Crippen LogP contribution in [0, 0.1) is 11.3 Å². The van der Waals surface area contributed by atoms with Crippen molar-refractivity contribution in [1.82, 2.24) is 9.97 Å². The van der Waals surface area contributed by atoms with E-state index in [9.17, 15) is 10.4 Å². The number of aliphatic hydroxyl groups excluding tert-OH is 1. The number of allylic oxidation sites excluding steroid dienone is 1. The molecular formula is C17H11Cl2N3OS. The number of aromatic amines is 1. The molecule has 0 fully saturated rings. The average Bonchev–Trinajstić information content (AvgIpc) is 2.98. The van der Waals surface area contributed by atoms with Crippen LogP contribution in [0.4, 0.5) is 0 Å². The number of imidazole rings is 1. The summed E-state index contributed by atoms with van der Waals surface area (Å²) in [5.74, 6) is 0.406. The predicted molar refractivity (Wildman–Crippen MR) is 98.4 cm³/mol. The van der Waals surface area contributed by atoms with Crippen LogP contribution < -0.4 is 0 Å². The molecule has 0 saturated heterocycles. The van der Waals surface area contributed by atoms with Gasteiger partial charge in [-0.15, -0.1) is 11.8 Å². The number of hydrogen-bond donors (Lipinski definition) is 2. The molecule has 0 saturated carbocycles. The number of para-hydroxylation sites is 2. The summed E-state index contributed by atoms with van der Waals surface area (Å²) in [6.45, 7) is 0. The topological polar surface area (TPSA) is 72.7 Å². The highest BCUT2D eigenvalue weighted by atomic mass is 35.5. The van der Waals surface area contributed by atoms with Gasteiger partial charge in [-0.2, -0.15) is 5.26 Å². The minimum Gasteiger partial charge on any atom is -0.510 e. The molecule has 3 aromatic rings. The maximum absolute atomic E-state index is 10.3. The van der Waals surface area contributed by atoms with Crippen molar-refractivity contribution in [1.29, 1.82) is 5.26 Å². The minimum absolute atomic E-state index is 0.0856. The molecule has 0 radical (unpaired) electrons. The molecule has 2 N–H and O–H groups in total. The van der Waals surface area contributed by atoms with Gasteiger partial charge in [-0.1, -0.05) is 41.4 Å². The zero-order chi connectivity index (χ0) is 17.1. The first-order valence-electron chi connectivity index (χ1n) is 6.94. The van der Waals surface area contributed by atoms with E-state index in [-0.39, 0.29) is 17.1 Å². The quantitative estimate of drug-likeness (QED) is 0.361. The highest BCUT2D eigenvalue weighted by Crippen LogP contribution is 2.35. The summed E-state index contributed by atoms with van der Waals surface area (Å²) < 4.78 is 0. The molecule has 0 aliphatic rings. The second kappa shape index (κ2) is 7.18. The Morgan fingerprint density at radius 1 is 1.17 bits per heavy atom. The summed E-state index contributed by atoms with van der Waals surface area (Å²) >= 11 is 13.5. The zero-order valence-corrected chi connectivity index (χ0v) is 14.6. The van der Waals surface area contributed by atoms with Crippen molar-refractivity contribution in [2.45, 2.75) is 4.90 Å². The van der Waals surface area contributed by atoms with E-state index in [0.717, 1.165) is 11.0 Å². The third-order valence-electron chi connectivity index (χ3n) is 3.30. The number of halogens is 2. The van der Waals surface area contributed by atoms with E-state index >= 15 is 0 Å². The predicted octanol–water partition coefficient (Wildman–Crippen LogP) is 5.45. The van der Waals surface area contributed by atoms with Crippen molar-refractivity contribution in [2.75, 3.05) is 5.75 Å². The third-order valence-corrected chi connectivity index (χ3v) is 5.30. The number of thioether (sulfide) groups is 1. The Labute approximate surface area is 152 Å². The van der Waals surface area contributed by atoms with Crippen LogP contribution in [0.1, 0.15) is 5.82 Å². The fourth-order valence-corrected chi connectivity index (χ4v) is 3.72. The number of fused-ring (bicyclic) bond motifs is 1. The van der Waals surface area contributed by atoms with Crippen LogP contribution in [0.3, 0.4) is 0 Å². The van der Waals surface area contributed by atoms with Gasteiger partial charge in [0.1, 0.15) is 17.4 Å². The van der Waals surface area contributed by atoms with Gasteiger partial charge in [0.25, 0.3) is 0 Å². The van der Waals surface area contributed by atoms with Gasteiger partial charge in [0.2, 0.25) is 0 Å². The van der Waals surface area contributed by atoms with Crippen LogP contribution in [-0.2, 0) is 0 Å². The van der Waals surface area contributed by atoms with Crippen molar-refractivity contribution in [2.24, 2.45) is 0 Å². The maximum Gasteiger partial charge on any atom is 0.152 e. The normalized spacial score (nSPS) is 12.0. The molecule has 0 spiro atoms. The van der Waals surface area contributed by atoms with E-state index in [1.165, 1.54) is 11.8 Å². The van der Waals surface area contributed by atoms with Crippen molar-refractivity contribution in [3.63, 3.8) is 0 Å². The lowest BCUT2D eigenvalue weighted by Crippen LogP contribution is -1.95. The van der Waals surface area contributed by atoms with Crippen LogP contribution >= 0.6 is 35.0 Å². The van der Waals surface area contributed by atoms with Crippen LogP contribution in [0.5, 0.6) is 0 Å². The maximum atomic E-state index is 10.3. The summed E-state index contributed by atoms with van der Waals surface area (Å²) in [6, 6.07) is 14.6. The van der Waals surface area contributed by atoms with Crippen LogP contribution in [0.25, 0.3) is 16.6 Å². The Morgan fingerprint density at radius 2 is 1.88 bits per heavy atom. The van der Waals surface area contributed by atoms with Crippen LogP contribution in [0.15, 0.2) is 53.1 Å². The van der Waals surface area contributed by atoms with E-state index in [0.29, 0.717) is 20.8 Å². The van der Waals surface area contributed by atoms with Crippen molar-refractivity contribution in [3.05, 3.63) is 64.1 Å². The van der Waals surface area contributed by atoms with Gasteiger partial charge >= 0.3 is 0 Å². The molecule has 7 heteroatoms. The Morgan fingerprint density at radius 3 is 2.54 bits per heavy atom. The molecule has 120 valence electrons. The summed E-state index contributed by atoms with van der Waals surface area (Å²) in [5.41, 5.74) is 1.63. The first-order valence-corrected chi connectivity index (χ1v) is 8.68. The summed E-state index contributed by atoms with van der Waals surface area (Å²) in [6.07, 6.45) is 0. The van der Waals surface area contributed by atoms with E-state index in [4.69, 9.17) is 23.2 Å². The second-order valence-corrected chi connectivity index (χ2v) is 6.68. The SMILES string of the molecule is N#C/C(=C(/O)CSc1c(Cl)cccc1Cl)c1nc2ccccc2[nH]1. The molecule has 0 unspecified atom stereocenters. The fraction of sp³-hybridized carbons (Fsp3) is 0.0588. The van der Waals surface area contributed by atoms with E-state index in [1.54, 1.807) is 18.2 Å². The standard InChI is InChI=1S/C17H11Cl2N3OS/c18-11-4-3-5-12(19)16(11)24-9-15(23)10(8-20)17-21-13-6-1-2-7-14(13)22-17/h1-7,23H,9H2,(H,21,22)/b15-10-. The number of rotatable bonds is 4. The van der Waals surface area contributed by atoms with E-state index in [2.05, 4.69) is 9.97 Å². The molecule has 1 heterocycles. The second-order valence-electron chi connectivity index (χ2n) is 4.88. The molecule has 3 rings (SSSR count). The number of nitriles is 1. The molecule has 4 nitrogen and oxygen atoms in total. The molecule has 0 atom stereocenters. The molecule has 0 aliphatic heterocycles. The monoisotopic (exact) mass is 375 g/mol. The number of nitrogens with one attached hydrogen (secondary N) is 1. The van der Waals surface area contributed by atoms with Gasteiger partial charge in [-0.3, -0.25) is 0 Å². The fourth-order valence-electron chi connectivity index (χ4n) is 2.16. The minimum atomic E-state index is -0.0856. The first kappa shape index (κ1) is 16.7. The average molecular weight is 376 g/mol. The van der Waals surface area contributed by atoms with Gasteiger partial charge in [-0.25, -0.2) is 4.98 Å². The number of hydrogen-bond acceptors (Lipinski definition) is 4.